The maximum atomic E-state index is 6.00. The van der Waals surface area contributed by atoms with Gasteiger partial charge in [0.15, 0.2) is 0 Å². The number of hydrogen-bond acceptors (Lipinski definition) is 2. The predicted octanol–water partition coefficient (Wildman–Crippen LogP) is 0.437. The van der Waals surface area contributed by atoms with Gasteiger partial charge in [0.05, 0.1) is 0 Å². The molecule has 0 amide bonds. The van der Waals surface area contributed by atoms with E-state index in [4.69, 9.17) is 10.5 Å². The standard InChI is InChI=1S/ClH.H2O2.Zr/c;1-2;/h1H;1-2H;. The van der Waals surface area contributed by atoms with E-state index in [2.05, 4.69) is 0 Å². The Morgan fingerprint density at radius 3 is 1.00 bits per heavy atom. The Bertz CT molecular complexity index is 6.00. The molecule has 0 atom stereocenters. The molecule has 26 valence electrons. The Morgan fingerprint density at radius 1 is 1.00 bits per heavy atom. The Labute approximate surface area is 49.3 Å². The third-order valence-corrected chi connectivity index (χ3v) is 0. The molecule has 0 bridgehead atoms. The third-order valence-electron chi connectivity index (χ3n) is 0. The first kappa shape index (κ1) is 19.5. The second-order valence-corrected chi connectivity index (χ2v) is 0. The minimum Gasteiger partial charge on any atom is -0.255 e. The van der Waals surface area contributed by atoms with Crippen molar-refractivity contribution in [2.45, 2.75) is 0 Å². The van der Waals surface area contributed by atoms with Gasteiger partial charge in [-0.1, -0.05) is 0 Å². The number of halogens is 1. The van der Waals surface area contributed by atoms with E-state index in [9.17, 15) is 0 Å². The summed E-state index contributed by atoms with van der Waals surface area (Å²) in [5, 5.41) is 12.0. The van der Waals surface area contributed by atoms with Crippen LogP contribution in [0.4, 0.5) is 0 Å². The van der Waals surface area contributed by atoms with Crippen molar-refractivity contribution >= 4 is 12.4 Å². The molecule has 0 aromatic rings. The van der Waals surface area contributed by atoms with Crippen molar-refractivity contribution in [1.82, 2.24) is 0 Å². The maximum absolute atomic E-state index is 6.00. The molecule has 0 aliphatic rings. The van der Waals surface area contributed by atoms with Crippen LogP contribution in [0.1, 0.15) is 0 Å². The van der Waals surface area contributed by atoms with Crippen molar-refractivity contribution in [1.29, 1.82) is 0 Å². The first-order valence-electron chi connectivity index (χ1n) is 0.200. The summed E-state index contributed by atoms with van der Waals surface area (Å²) in [6.45, 7) is 0. The molecule has 0 saturated heterocycles. The normalized spacial score (nSPS) is 1.50. The van der Waals surface area contributed by atoms with Gasteiger partial charge in [0, 0.05) is 26.2 Å². The smallest absolute Gasteiger partial charge is 0 e. The molecule has 0 heterocycles. The summed E-state index contributed by atoms with van der Waals surface area (Å²) in [7, 11) is 0. The molecule has 0 aromatic carbocycles. The van der Waals surface area contributed by atoms with E-state index in [1.165, 1.54) is 0 Å². The van der Waals surface area contributed by atoms with Crippen LogP contribution in [0.5, 0.6) is 0 Å². The quantitative estimate of drug-likeness (QED) is 0.400. The fourth-order valence-corrected chi connectivity index (χ4v) is 0. The average molecular weight is 162 g/mol. The van der Waals surface area contributed by atoms with Crippen LogP contribution in [-0.2, 0) is 26.2 Å². The van der Waals surface area contributed by atoms with Gasteiger partial charge in [-0.15, -0.1) is 12.4 Å². The predicted molar refractivity (Wildman–Crippen MR) is 12.5 cm³/mol. The van der Waals surface area contributed by atoms with Gasteiger partial charge in [-0.3, -0.25) is 10.5 Å². The molecule has 0 spiro atoms. The molecule has 0 aliphatic heterocycles. The van der Waals surface area contributed by atoms with Gasteiger partial charge < -0.3 is 0 Å². The molecule has 0 aromatic heterocycles. The monoisotopic (exact) mass is 160 g/mol. The SMILES string of the molecule is Cl.OO.[Zr]. The summed E-state index contributed by atoms with van der Waals surface area (Å²) in [6, 6.07) is 0. The van der Waals surface area contributed by atoms with Crippen molar-refractivity contribution < 1.29 is 36.7 Å². The van der Waals surface area contributed by atoms with Crippen LogP contribution in [0.2, 0.25) is 0 Å². The zero-order chi connectivity index (χ0) is 2.00. The molecular weight excluding hydrogens is 159 g/mol. The molecule has 0 rings (SSSR count). The van der Waals surface area contributed by atoms with E-state index in [0.717, 1.165) is 0 Å². The van der Waals surface area contributed by atoms with Crippen LogP contribution >= 0.6 is 12.4 Å². The van der Waals surface area contributed by atoms with Gasteiger partial charge in [0.2, 0.25) is 0 Å². The van der Waals surface area contributed by atoms with Gasteiger partial charge in [-0.2, -0.15) is 0 Å². The Kier molecular flexibility index (Phi) is 160. The largest absolute Gasteiger partial charge is 0.255 e. The van der Waals surface area contributed by atoms with Crippen molar-refractivity contribution in [3.8, 4) is 0 Å². The van der Waals surface area contributed by atoms with Gasteiger partial charge in [-0.25, -0.2) is 0 Å². The number of rotatable bonds is 0. The molecule has 2 nitrogen and oxygen atoms in total. The summed E-state index contributed by atoms with van der Waals surface area (Å²) in [5.74, 6) is 0. The van der Waals surface area contributed by atoms with Crippen LogP contribution in [0.15, 0.2) is 0 Å². The molecule has 0 radical (unpaired) electrons. The zero-order valence-corrected chi connectivity index (χ0v) is 5.08. The van der Waals surface area contributed by atoms with Gasteiger partial charge in [-0.05, 0) is 0 Å². The second-order valence-electron chi connectivity index (χ2n) is 0. The minimum atomic E-state index is 0. The molecule has 0 aliphatic carbocycles. The average Bonchev–Trinajstić information content (AvgIpc) is 1.00. The Balaban J connectivity index is -0.00000000500. The first-order valence-corrected chi connectivity index (χ1v) is 0.200. The van der Waals surface area contributed by atoms with E-state index >= 15 is 0 Å². The Hall–Kier alpha value is 1.09. The van der Waals surface area contributed by atoms with Crippen LogP contribution < -0.4 is 0 Å². The van der Waals surface area contributed by atoms with Crippen LogP contribution in [0.3, 0.4) is 0 Å². The van der Waals surface area contributed by atoms with Crippen LogP contribution in [-0.4, -0.2) is 10.5 Å². The van der Waals surface area contributed by atoms with Gasteiger partial charge in [0.1, 0.15) is 0 Å². The van der Waals surface area contributed by atoms with Gasteiger partial charge >= 0.3 is 0 Å². The number of hydrogen-bond donors (Lipinski definition) is 2. The van der Waals surface area contributed by atoms with Crippen LogP contribution in [0, 0.1) is 0 Å². The molecule has 4 heavy (non-hydrogen) atoms. The van der Waals surface area contributed by atoms with Crippen molar-refractivity contribution in [3.63, 3.8) is 0 Å². The topological polar surface area (TPSA) is 40.5 Å². The summed E-state index contributed by atoms with van der Waals surface area (Å²) in [6.07, 6.45) is 0. The fraction of sp³-hybridized carbons (Fsp3) is 0. The Morgan fingerprint density at radius 2 is 1.00 bits per heavy atom. The second kappa shape index (κ2) is 32.8. The fourth-order valence-electron chi connectivity index (χ4n) is 0. The minimum absolute atomic E-state index is 0. The summed E-state index contributed by atoms with van der Waals surface area (Å²) >= 11 is 0. The third kappa shape index (κ3) is 11.3. The van der Waals surface area contributed by atoms with Gasteiger partial charge in [0.25, 0.3) is 0 Å². The van der Waals surface area contributed by atoms with Crippen molar-refractivity contribution in [3.05, 3.63) is 0 Å². The van der Waals surface area contributed by atoms with E-state index in [-0.39, 0.29) is 38.6 Å². The molecule has 0 saturated carbocycles. The van der Waals surface area contributed by atoms with Crippen molar-refractivity contribution in [2.24, 2.45) is 0 Å². The molecule has 4 heteroatoms. The first-order chi connectivity index (χ1) is 1.00. The van der Waals surface area contributed by atoms with Crippen LogP contribution in [0.25, 0.3) is 0 Å². The van der Waals surface area contributed by atoms with E-state index < -0.39 is 0 Å². The van der Waals surface area contributed by atoms with E-state index in [1.807, 2.05) is 0 Å². The van der Waals surface area contributed by atoms with E-state index in [1.54, 1.807) is 0 Å². The zero-order valence-electron chi connectivity index (χ0n) is 1.80. The molecular formula is H3ClO2Zr. The maximum Gasteiger partial charge on any atom is 0 e. The summed E-state index contributed by atoms with van der Waals surface area (Å²) in [4.78, 5) is 0. The molecule has 0 unspecified atom stereocenters. The summed E-state index contributed by atoms with van der Waals surface area (Å²) in [5.41, 5.74) is 0. The molecule has 2 N–H and O–H groups in total. The summed E-state index contributed by atoms with van der Waals surface area (Å²) < 4.78 is 0. The van der Waals surface area contributed by atoms with Crippen molar-refractivity contribution in [2.75, 3.05) is 0 Å². The molecule has 0 fully saturated rings. The van der Waals surface area contributed by atoms with E-state index in [0.29, 0.717) is 0 Å².